The number of ether oxygens (including phenoxy) is 1. The predicted octanol–water partition coefficient (Wildman–Crippen LogP) is 2.12. The van der Waals surface area contributed by atoms with Gasteiger partial charge >= 0.3 is 0 Å². The third-order valence-corrected chi connectivity index (χ3v) is 3.63. The van der Waals surface area contributed by atoms with Crippen LogP contribution in [0.15, 0.2) is 0 Å². The summed E-state index contributed by atoms with van der Waals surface area (Å²) in [6.07, 6.45) is 1.56. The molecule has 3 heteroatoms. The molecule has 0 aromatic heterocycles. The highest BCUT2D eigenvalue weighted by Gasteiger charge is 2.28. The van der Waals surface area contributed by atoms with Crippen molar-refractivity contribution < 1.29 is 4.74 Å². The average molecular weight is 242 g/mol. The molecule has 1 saturated heterocycles. The fraction of sp³-hybridized carbons (Fsp3) is 1.00. The third kappa shape index (κ3) is 4.94. The summed E-state index contributed by atoms with van der Waals surface area (Å²) in [5.41, 5.74) is 0. The van der Waals surface area contributed by atoms with E-state index in [1.165, 1.54) is 13.0 Å². The Balaban J connectivity index is 2.43. The fourth-order valence-corrected chi connectivity index (χ4v) is 2.49. The molecule has 0 aromatic carbocycles. The van der Waals surface area contributed by atoms with Crippen LogP contribution in [-0.2, 0) is 4.74 Å². The highest BCUT2D eigenvalue weighted by atomic mass is 16.5. The lowest BCUT2D eigenvalue weighted by molar-refractivity contribution is 0.0268. The molecule has 2 unspecified atom stereocenters. The first kappa shape index (κ1) is 14.9. The monoisotopic (exact) mass is 242 g/mol. The van der Waals surface area contributed by atoms with E-state index in [1.54, 1.807) is 0 Å². The topological polar surface area (TPSA) is 24.5 Å². The first-order valence-corrected chi connectivity index (χ1v) is 7.13. The minimum atomic E-state index is 0.345. The van der Waals surface area contributed by atoms with Crippen molar-refractivity contribution in [2.75, 3.05) is 26.2 Å². The van der Waals surface area contributed by atoms with Crippen molar-refractivity contribution in [2.24, 2.45) is 5.92 Å². The predicted molar refractivity (Wildman–Crippen MR) is 73.4 cm³/mol. The van der Waals surface area contributed by atoms with Gasteiger partial charge in [-0.1, -0.05) is 20.8 Å². The largest absolute Gasteiger partial charge is 0.377 e. The van der Waals surface area contributed by atoms with Gasteiger partial charge in [0.05, 0.1) is 12.7 Å². The van der Waals surface area contributed by atoms with E-state index >= 15 is 0 Å². The summed E-state index contributed by atoms with van der Waals surface area (Å²) in [6, 6.07) is 1.32. The third-order valence-electron chi connectivity index (χ3n) is 3.63. The van der Waals surface area contributed by atoms with Crippen LogP contribution >= 0.6 is 0 Å². The normalized spacial score (nSPS) is 27.0. The van der Waals surface area contributed by atoms with Crippen LogP contribution in [0.25, 0.3) is 0 Å². The highest BCUT2D eigenvalue weighted by Crippen LogP contribution is 2.16. The van der Waals surface area contributed by atoms with E-state index in [0.29, 0.717) is 24.1 Å². The van der Waals surface area contributed by atoms with Crippen molar-refractivity contribution in [3.05, 3.63) is 0 Å². The van der Waals surface area contributed by atoms with Gasteiger partial charge in [0.15, 0.2) is 0 Å². The summed E-state index contributed by atoms with van der Waals surface area (Å²) in [6.45, 7) is 15.3. The Labute approximate surface area is 107 Å². The maximum absolute atomic E-state index is 5.68. The maximum Gasteiger partial charge on any atom is 0.0597 e. The lowest BCUT2D eigenvalue weighted by atomic mass is 9.98. The lowest BCUT2D eigenvalue weighted by Crippen LogP contribution is -2.58. The number of hydrogen-bond acceptors (Lipinski definition) is 3. The smallest absolute Gasteiger partial charge is 0.0597 e. The molecular weight excluding hydrogens is 212 g/mol. The zero-order valence-corrected chi connectivity index (χ0v) is 12.2. The Morgan fingerprint density at radius 1 is 1.29 bits per heavy atom. The molecule has 1 fully saturated rings. The molecule has 3 nitrogen and oxygen atoms in total. The molecule has 1 rings (SSSR count). The van der Waals surface area contributed by atoms with Crippen LogP contribution in [0.3, 0.4) is 0 Å². The van der Waals surface area contributed by atoms with Crippen molar-refractivity contribution >= 4 is 0 Å². The molecule has 1 heterocycles. The van der Waals surface area contributed by atoms with Gasteiger partial charge < -0.3 is 10.1 Å². The Hall–Kier alpha value is -0.120. The maximum atomic E-state index is 5.68. The van der Waals surface area contributed by atoms with Gasteiger partial charge in [-0.3, -0.25) is 4.90 Å². The van der Waals surface area contributed by atoms with Gasteiger partial charge in [0.25, 0.3) is 0 Å². The Morgan fingerprint density at radius 2 is 2.00 bits per heavy atom. The second-order valence-corrected chi connectivity index (χ2v) is 5.74. The minimum Gasteiger partial charge on any atom is -0.377 e. The van der Waals surface area contributed by atoms with Crippen LogP contribution in [0.2, 0.25) is 0 Å². The molecule has 0 aliphatic carbocycles. The van der Waals surface area contributed by atoms with E-state index in [0.717, 1.165) is 19.7 Å². The van der Waals surface area contributed by atoms with E-state index in [1.807, 2.05) is 0 Å². The molecule has 0 aromatic rings. The van der Waals surface area contributed by atoms with Gasteiger partial charge in [-0.25, -0.2) is 0 Å². The Kier molecular flexibility index (Phi) is 6.45. The number of nitrogens with zero attached hydrogens (tertiary/aromatic N) is 1. The first-order chi connectivity index (χ1) is 8.04. The molecule has 102 valence electrons. The Bertz CT molecular complexity index is 206. The summed E-state index contributed by atoms with van der Waals surface area (Å²) >= 11 is 0. The van der Waals surface area contributed by atoms with Crippen LogP contribution in [-0.4, -0.2) is 49.3 Å². The van der Waals surface area contributed by atoms with E-state index in [4.69, 9.17) is 4.74 Å². The van der Waals surface area contributed by atoms with Gasteiger partial charge in [0.2, 0.25) is 0 Å². The van der Waals surface area contributed by atoms with Crippen LogP contribution in [0.1, 0.15) is 41.0 Å². The molecule has 0 bridgehead atoms. The molecular formula is C14H30N2O. The van der Waals surface area contributed by atoms with Crippen LogP contribution in [0.5, 0.6) is 0 Å². The minimum absolute atomic E-state index is 0.345. The Morgan fingerprint density at radius 3 is 2.53 bits per heavy atom. The van der Waals surface area contributed by atoms with Gasteiger partial charge in [0, 0.05) is 31.7 Å². The molecule has 0 spiro atoms. The molecule has 2 atom stereocenters. The summed E-state index contributed by atoms with van der Waals surface area (Å²) < 4.78 is 5.68. The van der Waals surface area contributed by atoms with Crippen LogP contribution < -0.4 is 5.32 Å². The van der Waals surface area contributed by atoms with Gasteiger partial charge in [-0.05, 0) is 26.2 Å². The van der Waals surface area contributed by atoms with Crippen molar-refractivity contribution in [3.63, 3.8) is 0 Å². The van der Waals surface area contributed by atoms with Crippen molar-refractivity contribution in [1.82, 2.24) is 10.2 Å². The van der Waals surface area contributed by atoms with Gasteiger partial charge in [0.1, 0.15) is 0 Å². The van der Waals surface area contributed by atoms with Crippen molar-refractivity contribution in [2.45, 2.75) is 59.2 Å². The molecule has 1 aliphatic rings. The summed E-state index contributed by atoms with van der Waals surface area (Å²) in [4.78, 5) is 2.61. The van der Waals surface area contributed by atoms with E-state index in [2.05, 4.69) is 44.8 Å². The number of rotatable bonds is 6. The summed E-state index contributed by atoms with van der Waals surface area (Å²) in [5, 5.41) is 3.65. The molecule has 1 aliphatic heterocycles. The van der Waals surface area contributed by atoms with Crippen LogP contribution in [0.4, 0.5) is 0 Å². The van der Waals surface area contributed by atoms with Crippen LogP contribution in [0, 0.1) is 5.92 Å². The SMILES string of the molecule is CCC1CN(CCOC(C)C)C(C(C)C)CN1. The van der Waals surface area contributed by atoms with Gasteiger partial charge in [-0.15, -0.1) is 0 Å². The molecule has 0 radical (unpaired) electrons. The molecule has 0 saturated carbocycles. The second kappa shape index (κ2) is 7.34. The van der Waals surface area contributed by atoms with E-state index < -0.39 is 0 Å². The summed E-state index contributed by atoms with van der Waals surface area (Å²) in [5.74, 6) is 0.708. The van der Waals surface area contributed by atoms with Crippen molar-refractivity contribution in [3.8, 4) is 0 Å². The molecule has 1 N–H and O–H groups in total. The van der Waals surface area contributed by atoms with E-state index in [-0.39, 0.29) is 0 Å². The first-order valence-electron chi connectivity index (χ1n) is 7.13. The molecule has 17 heavy (non-hydrogen) atoms. The average Bonchev–Trinajstić information content (AvgIpc) is 2.28. The van der Waals surface area contributed by atoms with E-state index in [9.17, 15) is 0 Å². The zero-order valence-electron chi connectivity index (χ0n) is 12.2. The molecule has 0 amide bonds. The number of piperazine rings is 1. The quantitative estimate of drug-likeness (QED) is 0.772. The van der Waals surface area contributed by atoms with Crippen molar-refractivity contribution in [1.29, 1.82) is 0 Å². The van der Waals surface area contributed by atoms with Gasteiger partial charge in [-0.2, -0.15) is 0 Å². The highest BCUT2D eigenvalue weighted by molar-refractivity contribution is 4.87. The number of nitrogens with one attached hydrogen (secondary N) is 1. The number of hydrogen-bond donors (Lipinski definition) is 1. The zero-order chi connectivity index (χ0) is 12.8. The summed E-state index contributed by atoms with van der Waals surface area (Å²) in [7, 11) is 0. The standard InChI is InChI=1S/C14H30N2O/c1-6-13-10-16(7-8-17-12(4)5)14(9-15-13)11(2)3/h11-15H,6-10H2,1-5H3. The fourth-order valence-electron chi connectivity index (χ4n) is 2.49. The lowest BCUT2D eigenvalue weighted by Gasteiger charge is -2.42. The second-order valence-electron chi connectivity index (χ2n) is 5.74.